The van der Waals surface area contributed by atoms with E-state index in [2.05, 4.69) is 0 Å². The quantitative estimate of drug-likeness (QED) is 0.597. The van der Waals surface area contributed by atoms with Crippen LogP contribution in [0.4, 0.5) is 0 Å². The third-order valence-electron chi connectivity index (χ3n) is 1.45. The zero-order valence-electron chi connectivity index (χ0n) is 6.28. The van der Waals surface area contributed by atoms with E-state index in [9.17, 15) is 8.42 Å². The Labute approximate surface area is 76.4 Å². The Hall–Kier alpha value is 0.650. The molecular weight excluding hydrogens is 200 g/mol. The second-order valence-corrected chi connectivity index (χ2v) is 7.13. The number of hydrogen-bond donors (Lipinski definition) is 0. The highest BCUT2D eigenvalue weighted by atomic mass is 32.2. The topological polar surface area (TPSA) is 34.1 Å². The Morgan fingerprint density at radius 3 is 1.73 bits per heavy atom. The highest BCUT2D eigenvalue weighted by Gasteiger charge is 2.11. The third-order valence-corrected chi connectivity index (χ3v) is 5.85. The number of sulfone groups is 1. The summed E-state index contributed by atoms with van der Waals surface area (Å²) in [7, 11) is -2.71. The first-order valence-corrected chi connectivity index (χ1v) is 7.70. The number of thioether (sulfide) groups is 2. The van der Waals surface area contributed by atoms with E-state index in [1.807, 2.05) is 0 Å². The van der Waals surface area contributed by atoms with Crippen molar-refractivity contribution >= 4 is 33.4 Å². The van der Waals surface area contributed by atoms with Crippen molar-refractivity contribution in [2.24, 2.45) is 0 Å². The molecule has 0 spiro atoms. The Balaban J connectivity index is 2.44. The average Bonchev–Trinajstić information content (AvgIpc) is 2.00. The lowest BCUT2D eigenvalue weighted by Gasteiger charge is -1.98. The maximum Gasteiger partial charge on any atom is 0.151 e. The van der Waals surface area contributed by atoms with E-state index >= 15 is 0 Å². The summed E-state index contributed by atoms with van der Waals surface area (Å²) in [5.74, 6) is 4.50. The fraction of sp³-hybridized carbons (Fsp3) is 1.00. The van der Waals surface area contributed by atoms with Gasteiger partial charge in [0.25, 0.3) is 0 Å². The summed E-state index contributed by atoms with van der Waals surface area (Å²) >= 11 is 3.49. The lowest BCUT2D eigenvalue weighted by Crippen LogP contribution is -2.13. The standard InChI is InChI=1S/C6H12O2S3/c7-11(8)5-3-9-1-2-10-4-6-11/h1-6H2. The van der Waals surface area contributed by atoms with Crippen molar-refractivity contribution in [2.45, 2.75) is 0 Å². The van der Waals surface area contributed by atoms with E-state index in [0.717, 1.165) is 23.0 Å². The Kier molecular flexibility index (Phi) is 4.09. The van der Waals surface area contributed by atoms with Gasteiger partial charge in [-0.25, -0.2) is 8.42 Å². The summed E-state index contributed by atoms with van der Waals surface area (Å²) in [5, 5.41) is 0. The van der Waals surface area contributed by atoms with Gasteiger partial charge in [-0.1, -0.05) is 0 Å². The molecule has 0 radical (unpaired) electrons. The molecule has 2 nitrogen and oxygen atoms in total. The Bertz CT molecular complexity index is 182. The molecule has 1 aliphatic rings. The lowest BCUT2D eigenvalue weighted by molar-refractivity contribution is 0.599. The van der Waals surface area contributed by atoms with Gasteiger partial charge in [0.1, 0.15) is 0 Å². The van der Waals surface area contributed by atoms with Crippen LogP contribution in [-0.2, 0) is 9.84 Å². The van der Waals surface area contributed by atoms with Crippen molar-refractivity contribution in [1.29, 1.82) is 0 Å². The van der Waals surface area contributed by atoms with Crippen molar-refractivity contribution in [3.05, 3.63) is 0 Å². The highest BCUT2D eigenvalue weighted by Crippen LogP contribution is 2.12. The van der Waals surface area contributed by atoms with Crippen LogP contribution in [0.3, 0.4) is 0 Å². The molecule has 5 heteroatoms. The maximum atomic E-state index is 11.1. The van der Waals surface area contributed by atoms with Gasteiger partial charge in [-0.2, -0.15) is 23.5 Å². The van der Waals surface area contributed by atoms with Crippen molar-refractivity contribution < 1.29 is 8.42 Å². The zero-order chi connectivity index (χ0) is 8.16. The molecule has 1 heterocycles. The SMILES string of the molecule is O=S1(=O)CCSCCSCC1. The van der Waals surface area contributed by atoms with Gasteiger partial charge in [-0.3, -0.25) is 0 Å². The van der Waals surface area contributed by atoms with Gasteiger partial charge in [0, 0.05) is 23.0 Å². The fourth-order valence-electron chi connectivity index (χ4n) is 0.796. The molecule has 1 fully saturated rings. The molecule has 0 unspecified atom stereocenters. The predicted molar refractivity (Wildman–Crippen MR) is 53.3 cm³/mol. The van der Waals surface area contributed by atoms with E-state index in [-0.39, 0.29) is 0 Å². The first kappa shape index (κ1) is 9.74. The molecule has 0 aromatic rings. The summed E-state index contributed by atoms with van der Waals surface area (Å²) in [4.78, 5) is 0. The van der Waals surface area contributed by atoms with Crippen LogP contribution in [-0.4, -0.2) is 42.9 Å². The first-order valence-electron chi connectivity index (χ1n) is 3.57. The summed E-state index contributed by atoms with van der Waals surface area (Å²) in [5.41, 5.74) is 0. The van der Waals surface area contributed by atoms with E-state index in [4.69, 9.17) is 0 Å². The van der Waals surface area contributed by atoms with Gasteiger partial charge >= 0.3 is 0 Å². The van der Waals surface area contributed by atoms with Crippen LogP contribution >= 0.6 is 23.5 Å². The van der Waals surface area contributed by atoms with Crippen LogP contribution < -0.4 is 0 Å². The predicted octanol–water partition coefficient (Wildman–Crippen LogP) is 0.881. The smallest absolute Gasteiger partial charge is 0.151 e. The minimum absolute atomic E-state index is 0.373. The van der Waals surface area contributed by atoms with Crippen molar-refractivity contribution in [1.82, 2.24) is 0 Å². The molecule has 0 bridgehead atoms. The second-order valence-electron chi connectivity index (χ2n) is 2.38. The maximum absolute atomic E-state index is 11.1. The largest absolute Gasteiger partial charge is 0.229 e. The molecule has 0 aromatic heterocycles. The van der Waals surface area contributed by atoms with Crippen LogP contribution in [0.15, 0.2) is 0 Å². The molecule has 1 aliphatic heterocycles. The molecule has 0 saturated carbocycles. The van der Waals surface area contributed by atoms with Crippen LogP contribution in [0, 0.1) is 0 Å². The molecule has 1 rings (SSSR count). The Morgan fingerprint density at radius 2 is 1.27 bits per heavy atom. The summed E-state index contributed by atoms with van der Waals surface area (Å²) in [6, 6.07) is 0. The fourth-order valence-corrected chi connectivity index (χ4v) is 5.33. The van der Waals surface area contributed by atoms with Gasteiger partial charge < -0.3 is 0 Å². The van der Waals surface area contributed by atoms with Gasteiger partial charge in [0.05, 0.1) is 11.5 Å². The van der Waals surface area contributed by atoms with Crippen LogP contribution in [0.25, 0.3) is 0 Å². The van der Waals surface area contributed by atoms with Gasteiger partial charge in [-0.15, -0.1) is 0 Å². The normalized spacial score (nSPS) is 26.5. The summed E-state index contributed by atoms with van der Waals surface area (Å²) in [6.07, 6.45) is 0. The van der Waals surface area contributed by atoms with Crippen molar-refractivity contribution in [3.8, 4) is 0 Å². The van der Waals surface area contributed by atoms with E-state index in [1.165, 1.54) is 0 Å². The van der Waals surface area contributed by atoms with Crippen LogP contribution in [0.5, 0.6) is 0 Å². The monoisotopic (exact) mass is 212 g/mol. The summed E-state index contributed by atoms with van der Waals surface area (Å²) in [6.45, 7) is 0. The lowest BCUT2D eigenvalue weighted by atomic mass is 10.9. The zero-order valence-corrected chi connectivity index (χ0v) is 8.73. The second kappa shape index (κ2) is 4.62. The Morgan fingerprint density at radius 1 is 0.818 bits per heavy atom. The minimum atomic E-state index is -2.71. The van der Waals surface area contributed by atoms with Crippen LogP contribution in [0.2, 0.25) is 0 Å². The van der Waals surface area contributed by atoms with E-state index in [0.29, 0.717) is 11.5 Å². The summed E-state index contributed by atoms with van der Waals surface area (Å²) < 4.78 is 22.3. The van der Waals surface area contributed by atoms with E-state index < -0.39 is 9.84 Å². The molecule has 0 amide bonds. The molecule has 0 atom stereocenters. The third kappa shape index (κ3) is 4.28. The van der Waals surface area contributed by atoms with Gasteiger partial charge in [-0.05, 0) is 0 Å². The molecule has 1 saturated heterocycles. The van der Waals surface area contributed by atoms with Gasteiger partial charge in [0.15, 0.2) is 9.84 Å². The van der Waals surface area contributed by atoms with Crippen molar-refractivity contribution in [3.63, 3.8) is 0 Å². The molecule has 0 N–H and O–H groups in total. The van der Waals surface area contributed by atoms with Crippen LogP contribution in [0.1, 0.15) is 0 Å². The minimum Gasteiger partial charge on any atom is -0.229 e. The molecule has 11 heavy (non-hydrogen) atoms. The average molecular weight is 212 g/mol. The molecule has 0 aromatic carbocycles. The molecule has 66 valence electrons. The molecule has 0 aliphatic carbocycles. The highest BCUT2D eigenvalue weighted by molar-refractivity contribution is 8.04. The van der Waals surface area contributed by atoms with E-state index in [1.54, 1.807) is 23.5 Å². The number of hydrogen-bond acceptors (Lipinski definition) is 4. The first-order chi connectivity index (χ1) is 5.21. The van der Waals surface area contributed by atoms with Gasteiger partial charge in [0.2, 0.25) is 0 Å². The molecular formula is C6H12O2S3. The number of rotatable bonds is 0. The van der Waals surface area contributed by atoms with Crippen molar-refractivity contribution in [2.75, 3.05) is 34.5 Å².